The van der Waals surface area contributed by atoms with Crippen LogP contribution in [-0.2, 0) is 22.2 Å². The molecular weight excluding hydrogens is 357 g/mol. The summed E-state index contributed by atoms with van der Waals surface area (Å²) < 4.78 is 38.0. The molecule has 0 radical (unpaired) electrons. The van der Waals surface area contributed by atoms with E-state index < -0.39 is 17.7 Å². The zero-order valence-electron chi connectivity index (χ0n) is 14.7. The largest absolute Gasteiger partial charge is 0.416 e. The summed E-state index contributed by atoms with van der Waals surface area (Å²) in [7, 11) is 0. The van der Waals surface area contributed by atoms with Gasteiger partial charge in [0.05, 0.1) is 11.5 Å². The van der Waals surface area contributed by atoms with Crippen molar-refractivity contribution in [2.75, 3.05) is 16.8 Å². The van der Waals surface area contributed by atoms with Crippen LogP contribution in [0.2, 0.25) is 0 Å². The third kappa shape index (κ3) is 4.13. The predicted octanol–water partition coefficient (Wildman–Crippen LogP) is 4.26. The minimum absolute atomic E-state index is 0.0289. The molecule has 7 heteroatoms. The Kier molecular flexibility index (Phi) is 5.21. The highest BCUT2D eigenvalue weighted by atomic mass is 19.4. The number of nitrogens with zero attached hydrogens (tertiary/aromatic N) is 1. The van der Waals surface area contributed by atoms with Gasteiger partial charge in [-0.15, -0.1) is 0 Å². The number of aryl methyl sites for hydroxylation is 1. The van der Waals surface area contributed by atoms with Gasteiger partial charge in [0.25, 0.3) is 0 Å². The Morgan fingerprint density at radius 3 is 2.44 bits per heavy atom. The van der Waals surface area contributed by atoms with Crippen LogP contribution in [-0.4, -0.2) is 18.4 Å². The number of rotatable bonds is 4. The number of benzene rings is 2. The van der Waals surface area contributed by atoms with Gasteiger partial charge >= 0.3 is 6.18 Å². The molecule has 1 fully saturated rings. The van der Waals surface area contributed by atoms with Crippen LogP contribution in [0.4, 0.5) is 24.5 Å². The monoisotopic (exact) mass is 376 g/mol. The minimum atomic E-state index is -4.43. The molecule has 4 nitrogen and oxygen atoms in total. The maximum absolute atomic E-state index is 12.7. The number of carbonyl (C=O) groups excluding carboxylic acids is 2. The number of carbonyl (C=O) groups is 2. The lowest BCUT2D eigenvalue weighted by molar-refractivity contribution is -0.137. The summed E-state index contributed by atoms with van der Waals surface area (Å²) in [5.41, 5.74) is 1.29. The number of alkyl halides is 3. The van der Waals surface area contributed by atoms with Gasteiger partial charge in [0.1, 0.15) is 0 Å². The van der Waals surface area contributed by atoms with Gasteiger partial charge in [-0.25, -0.2) is 0 Å². The Morgan fingerprint density at radius 2 is 1.81 bits per heavy atom. The Hall–Kier alpha value is -2.83. The molecule has 142 valence electrons. The van der Waals surface area contributed by atoms with Crippen LogP contribution in [0, 0.1) is 5.92 Å². The molecule has 0 bridgehead atoms. The molecule has 1 aliphatic heterocycles. The van der Waals surface area contributed by atoms with E-state index in [9.17, 15) is 22.8 Å². The van der Waals surface area contributed by atoms with E-state index in [0.29, 0.717) is 11.4 Å². The number of hydrogen-bond donors (Lipinski definition) is 1. The molecule has 1 aliphatic rings. The van der Waals surface area contributed by atoms with Crippen molar-refractivity contribution in [1.29, 1.82) is 0 Å². The van der Waals surface area contributed by atoms with E-state index in [0.717, 1.165) is 24.1 Å². The average Bonchev–Trinajstić information content (AvgIpc) is 3.03. The molecule has 1 unspecified atom stereocenters. The topological polar surface area (TPSA) is 49.4 Å². The fourth-order valence-electron chi connectivity index (χ4n) is 3.15. The maximum Gasteiger partial charge on any atom is 0.416 e. The van der Waals surface area contributed by atoms with Gasteiger partial charge in [-0.1, -0.05) is 25.1 Å². The van der Waals surface area contributed by atoms with Crippen LogP contribution in [0.1, 0.15) is 24.5 Å². The zero-order chi connectivity index (χ0) is 19.6. The maximum atomic E-state index is 12.7. The van der Waals surface area contributed by atoms with Crippen LogP contribution < -0.4 is 10.2 Å². The van der Waals surface area contributed by atoms with Crippen LogP contribution in [0.15, 0.2) is 48.5 Å². The van der Waals surface area contributed by atoms with E-state index >= 15 is 0 Å². The van der Waals surface area contributed by atoms with Gasteiger partial charge in [0, 0.05) is 24.3 Å². The second-order valence-electron chi connectivity index (χ2n) is 6.45. The molecule has 0 aromatic heterocycles. The molecule has 1 saturated heterocycles. The van der Waals surface area contributed by atoms with Crippen molar-refractivity contribution in [2.45, 2.75) is 25.9 Å². The molecule has 0 spiro atoms. The molecule has 2 aromatic rings. The van der Waals surface area contributed by atoms with E-state index in [4.69, 9.17) is 0 Å². The van der Waals surface area contributed by atoms with Gasteiger partial charge in [0.2, 0.25) is 11.8 Å². The van der Waals surface area contributed by atoms with Crippen LogP contribution in [0.5, 0.6) is 0 Å². The molecule has 1 atom stereocenters. The summed E-state index contributed by atoms with van der Waals surface area (Å²) in [5.74, 6) is -1.10. The highest BCUT2D eigenvalue weighted by Gasteiger charge is 2.36. The molecular formula is C20H19F3N2O2. The lowest BCUT2D eigenvalue weighted by Gasteiger charge is -2.18. The van der Waals surface area contributed by atoms with Crippen molar-refractivity contribution in [3.8, 4) is 0 Å². The third-order valence-corrected chi connectivity index (χ3v) is 4.66. The van der Waals surface area contributed by atoms with Gasteiger partial charge in [-0.2, -0.15) is 13.2 Å². The molecule has 2 amide bonds. The van der Waals surface area contributed by atoms with Crippen molar-refractivity contribution in [3.05, 3.63) is 59.7 Å². The normalized spacial score (nSPS) is 17.3. The second kappa shape index (κ2) is 7.42. The number of para-hydroxylation sites is 1. The van der Waals surface area contributed by atoms with Crippen molar-refractivity contribution in [2.24, 2.45) is 5.92 Å². The van der Waals surface area contributed by atoms with E-state index in [1.807, 2.05) is 25.1 Å². The van der Waals surface area contributed by atoms with Gasteiger partial charge in [-0.05, 0) is 42.3 Å². The van der Waals surface area contributed by atoms with Crippen LogP contribution >= 0.6 is 0 Å². The SMILES string of the molecule is CCc1ccccc1NC(=O)C1CC(=O)N(c2ccc(C(F)(F)F)cc2)C1. The molecule has 0 aliphatic carbocycles. The Labute approximate surface area is 155 Å². The zero-order valence-corrected chi connectivity index (χ0v) is 14.7. The van der Waals surface area contributed by atoms with Crippen molar-refractivity contribution in [3.63, 3.8) is 0 Å². The number of amides is 2. The number of hydrogen-bond acceptors (Lipinski definition) is 2. The Morgan fingerprint density at radius 1 is 1.15 bits per heavy atom. The fraction of sp³-hybridized carbons (Fsp3) is 0.300. The number of nitrogens with one attached hydrogen (secondary N) is 1. The summed E-state index contributed by atoms with van der Waals surface area (Å²) in [5, 5.41) is 2.86. The van der Waals surface area contributed by atoms with Gasteiger partial charge in [-0.3, -0.25) is 9.59 Å². The number of anilines is 2. The first-order valence-corrected chi connectivity index (χ1v) is 8.66. The molecule has 0 saturated carbocycles. The average molecular weight is 376 g/mol. The third-order valence-electron chi connectivity index (χ3n) is 4.66. The fourth-order valence-corrected chi connectivity index (χ4v) is 3.15. The highest BCUT2D eigenvalue weighted by Crippen LogP contribution is 2.32. The summed E-state index contributed by atoms with van der Waals surface area (Å²) in [4.78, 5) is 26.2. The van der Waals surface area contributed by atoms with Crippen molar-refractivity contribution < 1.29 is 22.8 Å². The summed E-state index contributed by atoms with van der Waals surface area (Å²) in [6.45, 7) is 2.13. The van der Waals surface area contributed by atoms with E-state index in [-0.39, 0.29) is 24.8 Å². The van der Waals surface area contributed by atoms with Gasteiger partial charge < -0.3 is 10.2 Å². The molecule has 2 aromatic carbocycles. The van der Waals surface area contributed by atoms with Crippen LogP contribution in [0.25, 0.3) is 0 Å². The smallest absolute Gasteiger partial charge is 0.326 e. The lowest BCUT2D eigenvalue weighted by Crippen LogP contribution is -2.28. The molecule has 27 heavy (non-hydrogen) atoms. The predicted molar refractivity (Wildman–Crippen MR) is 96.4 cm³/mol. The molecule has 1 heterocycles. The van der Waals surface area contributed by atoms with Gasteiger partial charge in [0.15, 0.2) is 0 Å². The summed E-state index contributed by atoms with van der Waals surface area (Å²) in [6.07, 6.45) is -3.64. The van der Waals surface area contributed by atoms with Crippen LogP contribution in [0.3, 0.4) is 0 Å². The molecule has 1 N–H and O–H groups in total. The lowest BCUT2D eigenvalue weighted by atomic mass is 10.1. The highest BCUT2D eigenvalue weighted by molar-refractivity contribution is 6.03. The Balaban J connectivity index is 1.70. The summed E-state index contributed by atoms with van der Waals surface area (Å²) >= 11 is 0. The van der Waals surface area contributed by atoms with E-state index in [1.54, 1.807) is 6.07 Å². The van der Waals surface area contributed by atoms with E-state index in [1.165, 1.54) is 17.0 Å². The first kappa shape index (κ1) is 18.9. The minimum Gasteiger partial charge on any atom is -0.326 e. The first-order valence-electron chi connectivity index (χ1n) is 8.66. The van der Waals surface area contributed by atoms with Crippen molar-refractivity contribution >= 4 is 23.2 Å². The number of halogens is 3. The first-order chi connectivity index (χ1) is 12.8. The van der Waals surface area contributed by atoms with Crippen molar-refractivity contribution in [1.82, 2.24) is 0 Å². The molecule has 3 rings (SSSR count). The standard InChI is InChI=1S/C20H19F3N2O2/c1-2-13-5-3-4-6-17(13)24-19(27)14-11-18(26)25(12-14)16-9-7-15(8-10-16)20(21,22)23/h3-10,14H,2,11-12H2,1H3,(H,24,27). The second-order valence-corrected chi connectivity index (χ2v) is 6.45. The Bertz CT molecular complexity index is 847. The quantitative estimate of drug-likeness (QED) is 0.867. The summed E-state index contributed by atoms with van der Waals surface area (Å²) in [6, 6.07) is 11.8. The van der Waals surface area contributed by atoms with E-state index in [2.05, 4.69) is 5.32 Å².